The Bertz CT molecular complexity index is 366. The first-order chi connectivity index (χ1) is 6.63. The van der Waals surface area contributed by atoms with Crippen molar-refractivity contribution in [2.75, 3.05) is 0 Å². The molecule has 0 spiro atoms. The van der Waals surface area contributed by atoms with Crippen molar-refractivity contribution in [3.63, 3.8) is 0 Å². The zero-order valence-corrected chi connectivity index (χ0v) is 7.96. The van der Waals surface area contributed by atoms with Gasteiger partial charge in [0.1, 0.15) is 0 Å². The van der Waals surface area contributed by atoms with Crippen molar-refractivity contribution >= 4 is 6.08 Å². The predicted molar refractivity (Wildman–Crippen MR) is 50.7 cm³/mol. The lowest BCUT2D eigenvalue weighted by atomic mass is 10.3. The number of aromatic nitrogens is 2. The van der Waals surface area contributed by atoms with Gasteiger partial charge in [-0.15, -0.1) is 0 Å². The van der Waals surface area contributed by atoms with Crippen molar-refractivity contribution in [2.24, 2.45) is 0 Å². The second-order valence-corrected chi connectivity index (χ2v) is 2.71. The third-order valence-electron chi connectivity index (χ3n) is 1.56. The second-order valence-electron chi connectivity index (χ2n) is 2.71. The molecule has 0 aliphatic heterocycles. The monoisotopic (exact) mass is 196 g/mol. The van der Waals surface area contributed by atoms with Crippen LogP contribution in [0.1, 0.15) is 18.3 Å². The van der Waals surface area contributed by atoms with E-state index in [0.29, 0.717) is 5.69 Å². The molecule has 74 valence electrons. The van der Waals surface area contributed by atoms with Gasteiger partial charge in [-0.1, -0.05) is 0 Å². The van der Waals surface area contributed by atoms with Crippen molar-refractivity contribution < 1.29 is 8.78 Å². The van der Waals surface area contributed by atoms with Crippen molar-refractivity contribution in [1.29, 1.82) is 0 Å². The topological polar surface area (TPSA) is 25.8 Å². The van der Waals surface area contributed by atoms with Crippen LogP contribution in [0.15, 0.2) is 30.1 Å². The number of rotatable bonds is 2. The Morgan fingerprint density at radius 2 is 1.93 bits per heavy atom. The number of halogens is 2. The minimum absolute atomic E-state index is 0.296. The smallest absolute Gasteiger partial charge is 0.160 e. The Labute approximate surface area is 81.0 Å². The molecule has 0 saturated heterocycles. The fourth-order valence-corrected chi connectivity index (χ4v) is 0.814. The maximum absolute atomic E-state index is 12.9. The molecular formula is C10H10F2N2. The van der Waals surface area contributed by atoms with Gasteiger partial charge in [-0.3, -0.25) is 9.97 Å². The van der Waals surface area contributed by atoms with Gasteiger partial charge < -0.3 is 0 Å². The largest absolute Gasteiger partial charge is 0.258 e. The summed E-state index contributed by atoms with van der Waals surface area (Å²) in [5, 5.41) is 0. The van der Waals surface area contributed by atoms with Gasteiger partial charge in [0, 0.05) is 12.3 Å². The quantitative estimate of drug-likeness (QED) is 0.679. The van der Waals surface area contributed by atoms with Crippen LogP contribution in [-0.2, 0) is 0 Å². The van der Waals surface area contributed by atoms with Crippen molar-refractivity contribution in [3.8, 4) is 0 Å². The van der Waals surface area contributed by atoms with E-state index < -0.39 is 11.7 Å². The Morgan fingerprint density at radius 1 is 1.21 bits per heavy atom. The summed E-state index contributed by atoms with van der Waals surface area (Å²) < 4.78 is 25.6. The zero-order chi connectivity index (χ0) is 10.6. The van der Waals surface area contributed by atoms with Crippen LogP contribution in [-0.4, -0.2) is 9.97 Å². The fraction of sp³-hybridized carbons (Fsp3) is 0.200. The number of nitrogens with zero attached hydrogens (tertiary/aromatic N) is 2. The summed E-state index contributed by atoms with van der Waals surface area (Å²) in [4.78, 5) is 7.76. The number of hydrogen-bond acceptors (Lipinski definition) is 2. The molecule has 0 aliphatic rings. The summed E-state index contributed by atoms with van der Waals surface area (Å²) in [6, 6.07) is 0. The predicted octanol–water partition coefficient (Wildman–Crippen LogP) is 2.97. The van der Waals surface area contributed by atoms with Crippen molar-refractivity contribution in [1.82, 2.24) is 9.97 Å². The molecule has 0 unspecified atom stereocenters. The summed E-state index contributed by atoms with van der Waals surface area (Å²) in [5.74, 6) is -1.84. The van der Waals surface area contributed by atoms with E-state index in [4.69, 9.17) is 0 Å². The molecule has 4 heteroatoms. The third kappa shape index (κ3) is 2.73. The van der Waals surface area contributed by atoms with Crippen LogP contribution < -0.4 is 0 Å². The van der Waals surface area contributed by atoms with Gasteiger partial charge in [-0.05, 0) is 19.9 Å². The van der Waals surface area contributed by atoms with Crippen molar-refractivity contribution in [3.05, 3.63) is 41.5 Å². The van der Waals surface area contributed by atoms with E-state index >= 15 is 0 Å². The average molecular weight is 196 g/mol. The lowest BCUT2D eigenvalue weighted by molar-refractivity contribution is 0.548. The van der Waals surface area contributed by atoms with Gasteiger partial charge in [0.2, 0.25) is 0 Å². The van der Waals surface area contributed by atoms with Crippen LogP contribution in [0.3, 0.4) is 0 Å². The van der Waals surface area contributed by atoms with Crippen LogP contribution in [0.4, 0.5) is 8.78 Å². The molecule has 0 bridgehead atoms. The minimum Gasteiger partial charge on any atom is -0.258 e. The average Bonchev–Trinajstić information content (AvgIpc) is 2.20. The summed E-state index contributed by atoms with van der Waals surface area (Å²) in [6.07, 6.45) is 4.93. The van der Waals surface area contributed by atoms with E-state index in [-0.39, 0.29) is 0 Å². The van der Waals surface area contributed by atoms with E-state index in [1.54, 1.807) is 6.92 Å². The van der Waals surface area contributed by atoms with E-state index in [2.05, 4.69) is 9.97 Å². The molecule has 0 radical (unpaired) electrons. The van der Waals surface area contributed by atoms with Crippen LogP contribution in [0, 0.1) is 6.92 Å². The number of hydrogen-bond donors (Lipinski definition) is 0. The molecule has 0 amide bonds. The Hall–Kier alpha value is -1.58. The molecule has 0 N–H and O–H groups in total. The van der Waals surface area contributed by atoms with Crippen LogP contribution in [0.5, 0.6) is 0 Å². The molecule has 0 atom stereocenters. The van der Waals surface area contributed by atoms with E-state index in [0.717, 1.165) is 17.8 Å². The molecule has 1 heterocycles. The van der Waals surface area contributed by atoms with E-state index in [1.165, 1.54) is 19.3 Å². The second kappa shape index (κ2) is 4.60. The van der Waals surface area contributed by atoms with E-state index in [9.17, 15) is 8.78 Å². The first-order valence-corrected chi connectivity index (χ1v) is 4.11. The lowest BCUT2D eigenvalue weighted by Gasteiger charge is -1.94. The molecular weight excluding hydrogens is 186 g/mol. The van der Waals surface area contributed by atoms with Crippen LogP contribution in [0.25, 0.3) is 6.08 Å². The first kappa shape index (κ1) is 10.5. The molecule has 1 aromatic rings. The standard InChI is InChI=1S/C10H10F2N2/c1-3-9(11)10(12)4-8-6-13-7(2)5-14-8/h3-6H,1-2H3/b9-3+,10-4+. The highest BCUT2D eigenvalue weighted by molar-refractivity contribution is 5.50. The Balaban J connectivity index is 2.92. The molecule has 0 saturated carbocycles. The van der Waals surface area contributed by atoms with Crippen molar-refractivity contribution in [2.45, 2.75) is 13.8 Å². The Kier molecular flexibility index (Phi) is 3.45. The summed E-state index contributed by atoms with van der Waals surface area (Å²) in [6.45, 7) is 3.19. The van der Waals surface area contributed by atoms with Gasteiger partial charge in [0.05, 0.1) is 17.6 Å². The molecule has 0 fully saturated rings. The summed E-state index contributed by atoms with van der Waals surface area (Å²) >= 11 is 0. The highest BCUT2D eigenvalue weighted by atomic mass is 19.2. The molecule has 14 heavy (non-hydrogen) atoms. The van der Waals surface area contributed by atoms with Gasteiger partial charge >= 0.3 is 0 Å². The van der Waals surface area contributed by atoms with Gasteiger partial charge in [0.25, 0.3) is 0 Å². The fourth-order valence-electron chi connectivity index (χ4n) is 0.814. The minimum atomic E-state index is -0.939. The maximum atomic E-state index is 12.9. The Morgan fingerprint density at radius 3 is 2.43 bits per heavy atom. The van der Waals surface area contributed by atoms with E-state index in [1.807, 2.05) is 0 Å². The number of allylic oxidation sites excluding steroid dienone is 3. The molecule has 1 rings (SSSR count). The summed E-state index contributed by atoms with van der Waals surface area (Å²) in [7, 11) is 0. The normalized spacial score (nSPS) is 13.1. The van der Waals surface area contributed by atoms with Gasteiger partial charge in [-0.2, -0.15) is 0 Å². The highest BCUT2D eigenvalue weighted by Gasteiger charge is 2.02. The highest BCUT2D eigenvalue weighted by Crippen LogP contribution is 2.15. The van der Waals surface area contributed by atoms with Gasteiger partial charge in [0.15, 0.2) is 11.7 Å². The SMILES string of the molecule is C/C=C(F)\C(F)=C/c1cnc(C)cn1. The van der Waals surface area contributed by atoms with Crippen LogP contribution >= 0.6 is 0 Å². The molecule has 0 aliphatic carbocycles. The molecule has 1 aromatic heterocycles. The lowest BCUT2D eigenvalue weighted by Crippen LogP contribution is -1.87. The molecule has 2 nitrogen and oxygen atoms in total. The first-order valence-electron chi connectivity index (χ1n) is 4.11. The molecule has 0 aromatic carbocycles. The van der Waals surface area contributed by atoms with Crippen LogP contribution in [0.2, 0.25) is 0 Å². The summed E-state index contributed by atoms with van der Waals surface area (Å²) in [5.41, 5.74) is 1.03. The maximum Gasteiger partial charge on any atom is 0.160 e. The third-order valence-corrected chi connectivity index (χ3v) is 1.56. The number of aryl methyl sites for hydroxylation is 1. The van der Waals surface area contributed by atoms with Gasteiger partial charge in [-0.25, -0.2) is 8.78 Å². The zero-order valence-electron chi connectivity index (χ0n) is 7.96.